The Kier molecular flexibility index (Phi) is 5.91. The summed E-state index contributed by atoms with van der Waals surface area (Å²) in [5.41, 5.74) is 0.693. The van der Waals surface area contributed by atoms with Crippen molar-refractivity contribution in [1.82, 2.24) is 0 Å². The number of carbonyl (C=O) groups is 2. The van der Waals surface area contributed by atoms with Crippen molar-refractivity contribution in [2.75, 3.05) is 12.5 Å². The number of alkyl halides is 1. The van der Waals surface area contributed by atoms with Crippen LogP contribution in [0.25, 0.3) is 0 Å². The lowest BCUT2D eigenvalue weighted by Crippen LogP contribution is -2.12. The zero-order valence-corrected chi connectivity index (χ0v) is 12.2. The summed E-state index contributed by atoms with van der Waals surface area (Å²) in [7, 11) is 0. The van der Waals surface area contributed by atoms with Crippen LogP contribution in [0.3, 0.4) is 0 Å². The minimum Gasteiger partial charge on any atom is -0.462 e. The predicted octanol–water partition coefficient (Wildman–Crippen LogP) is 3.28. The Morgan fingerprint density at radius 2 is 2.06 bits per heavy atom. The molecule has 92 valence electrons. The molecule has 0 aliphatic heterocycles. The highest BCUT2D eigenvalue weighted by atomic mass is 127. The molecular formula is C12H12ClIO3. The van der Waals surface area contributed by atoms with Gasteiger partial charge in [-0.25, -0.2) is 4.79 Å². The predicted molar refractivity (Wildman–Crippen MR) is 74.8 cm³/mol. The number of carbonyl (C=O) groups excluding carboxylic acids is 2. The van der Waals surface area contributed by atoms with Crippen molar-refractivity contribution >= 4 is 45.9 Å². The molecule has 17 heavy (non-hydrogen) atoms. The third-order valence-corrected chi connectivity index (χ3v) is 2.96. The lowest BCUT2D eigenvalue weighted by Gasteiger charge is -2.08. The molecule has 0 fully saturated rings. The Morgan fingerprint density at radius 1 is 1.35 bits per heavy atom. The van der Waals surface area contributed by atoms with E-state index in [2.05, 4.69) is 22.6 Å². The summed E-state index contributed by atoms with van der Waals surface area (Å²) in [6, 6.07) is 5.08. The Hall–Kier alpha value is -0.620. The molecule has 0 saturated carbocycles. The molecule has 0 amide bonds. The number of benzene rings is 1. The maximum atomic E-state index is 11.8. The number of halogens is 2. The van der Waals surface area contributed by atoms with Gasteiger partial charge >= 0.3 is 5.97 Å². The standard InChI is InChI=1S/C12H12ClIO3/c1-2-17-12(16)10-7-8(14)3-4-9(10)11(15)5-6-13/h3-4,7H,2,5-6H2,1H3. The highest BCUT2D eigenvalue weighted by Gasteiger charge is 2.17. The minimum absolute atomic E-state index is 0.139. The molecule has 0 atom stereocenters. The van der Waals surface area contributed by atoms with Gasteiger partial charge in [-0.15, -0.1) is 11.6 Å². The molecule has 0 heterocycles. The Morgan fingerprint density at radius 3 is 2.65 bits per heavy atom. The second-order valence-corrected chi connectivity index (χ2v) is 4.90. The summed E-state index contributed by atoms with van der Waals surface area (Å²) in [5, 5.41) is 0. The highest BCUT2D eigenvalue weighted by Crippen LogP contribution is 2.17. The molecular weight excluding hydrogens is 354 g/mol. The Bertz CT molecular complexity index is 432. The van der Waals surface area contributed by atoms with Gasteiger partial charge in [-0.3, -0.25) is 4.79 Å². The minimum atomic E-state index is -0.469. The van der Waals surface area contributed by atoms with Gasteiger partial charge in [0.1, 0.15) is 0 Å². The van der Waals surface area contributed by atoms with Crippen LogP contribution in [0.5, 0.6) is 0 Å². The molecule has 0 aromatic heterocycles. The fourth-order valence-corrected chi connectivity index (χ4v) is 2.02. The number of Topliss-reactive ketones (excluding diaryl/α,β-unsaturated/α-hetero) is 1. The Balaban J connectivity index is 3.11. The van der Waals surface area contributed by atoms with Crippen LogP contribution in [0.1, 0.15) is 34.1 Å². The maximum Gasteiger partial charge on any atom is 0.338 e. The Labute approximate surface area is 119 Å². The van der Waals surface area contributed by atoms with Crippen LogP contribution in [-0.2, 0) is 4.74 Å². The van der Waals surface area contributed by atoms with Gasteiger partial charge in [0.15, 0.2) is 5.78 Å². The maximum absolute atomic E-state index is 11.8. The van der Waals surface area contributed by atoms with Crippen LogP contribution in [0.15, 0.2) is 18.2 Å². The zero-order chi connectivity index (χ0) is 12.8. The number of ketones is 1. The van der Waals surface area contributed by atoms with Gasteiger partial charge in [0.05, 0.1) is 12.2 Å². The summed E-state index contributed by atoms with van der Waals surface area (Å²) < 4.78 is 5.81. The van der Waals surface area contributed by atoms with Crippen LogP contribution in [0.4, 0.5) is 0 Å². The molecule has 0 aliphatic carbocycles. The molecule has 1 aromatic carbocycles. The fourth-order valence-electron chi connectivity index (χ4n) is 1.36. The first-order valence-corrected chi connectivity index (χ1v) is 6.77. The summed E-state index contributed by atoms with van der Waals surface area (Å²) in [5.74, 6) is -0.365. The van der Waals surface area contributed by atoms with Gasteiger partial charge in [0, 0.05) is 21.4 Å². The lowest BCUT2D eigenvalue weighted by molar-refractivity contribution is 0.0523. The largest absolute Gasteiger partial charge is 0.462 e. The number of hydrogen-bond donors (Lipinski definition) is 0. The molecule has 5 heteroatoms. The van der Waals surface area contributed by atoms with E-state index < -0.39 is 5.97 Å². The fraction of sp³-hybridized carbons (Fsp3) is 0.333. The first-order valence-electron chi connectivity index (χ1n) is 5.16. The van der Waals surface area contributed by atoms with E-state index >= 15 is 0 Å². The van der Waals surface area contributed by atoms with Crippen molar-refractivity contribution in [3.05, 3.63) is 32.9 Å². The third kappa shape index (κ3) is 3.96. The van der Waals surface area contributed by atoms with E-state index in [9.17, 15) is 9.59 Å². The smallest absolute Gasteiger partial charge is 0.338 e. The second-order valence-electron chi connectivity index (χ2n) is 3.27. The van der Waals surface area contributed by atoms with Crippen LogP contribution >= 0.6 is 34.2 Å². The highest BCUT2D eigenvalue weighted by molar-refractivity contribution is 14.1. The lowest BCUT2D eigenvalue weighted by atomic mass is 10.0. The van der Waals surface area contributed by atoms with Gasteiger partial charge in [-0.05, 0) is 47.7 Å². The molecule has 1 rings (SSSR count). The molecule has 0 spiro atoms. The molecule has 0 aliphatic rings. The molecule has 0 bridgehead atoms. The quantitative estimate of drug-likeness (QED) is 0.348. The number of esters is 1. The van der Waals surface area contributed by atoms with E-state index in [-0.39, 0.29) is 24.7 Å². The van der Waals surface area contributed by atoms with Crippen molar-refractivity contribution in [3.8, 4) is 0 Å². The van der Waals surface area contributed by atoms with Crippen molar-refractivity contribution in [3.63, 3.8) is 0 Å². The second kappa shape index (κ2) is 6.96. The van der Waals surface area contributed by atoms with Gasteiger partial charge in [0.2, 0.25) is 0 Å². The van der Waals surface area contributed by atoms with E-state index in [0.29, 0.717) is 11.1 Å². The van der Waals surface area contributed by atoms with Crippen LogP contribution in [0, 0.1) is 3.57 Å². The average Bonchev–Trinajstić information content (AvgIpc) is 2.29. The van der Waals surface area contributed by atoms with Gasteiger partial charge in [-0.2, -0.15) is 0 Å². The van der Waals surface area contributed by atoms with Crippen molar-refractivity contribution in [1.29, 1.82) is 0 Å². The number of ether oxygens (including phenoxy) is 1. The summed E-state index contributed by atoms with van der Waals surface area (Å²) >= 11 is 7.62. The monoisotopic (exact) mass is 366 g/mol. The number of hydrogen-bond acceptors (Lipinski definition) is 3. The molecule has 0 saturated heterocycles. The van der Waals surface area contributed by atoms with Crippen LogP contribution in [-0.4, -0.2) is 24.2 Å². The summed E-state index contributed by atoms with van der Waals surface area (Å²) in [6.07, 6.45) is 0.217. The summed E-state index contributed by atoms with van der Waals surface area (Å²) in [4.78, 5) is 23.5. The van der Waals surface area contributed by atoms with Gasteiger partial charge < -0.3 is 4.74 Å². The molecule has 0 N–H and O–H groups in total. The van der Waals surface area contributed by atoms with Crippen molar-refractivity contribution in [2.45, 2.75) is 13.3 Å². The van der Waals surface area contributed by atoms with Gasteiger partial charge in [0.25, 0.3) is 0 Å². The average molecular weight is 367 g/mol. The third-order valence-electron chi connectivity index (χ3n) is 2.10. The van der Waals surface area contributed by atoms with E-state index in [0.717, 1.165) is 3.57 Å². The van der Waals surface area contributed by atoms with Crippen LogP contribution in [0.2, 0.25) is 0 Å². The van der Waals surface area contributed by atoms with Crippen LogP contribution < -0.4 is 0 Å². The number of rotatable bonds is 5. The van der Waals surface area contributed by atoms with E-state index in [1.165, 1.54) is 0 Å². The molecule has 0 radical (unpaired) electrons. The molecule has 1 aromatic rings. The SMILES string of the molecule is CCOC(=O)c1cc(I)ccc1C(=O)CCCl. The van der Waals surface area contributed by atoms with Crippen molar-refractivity contribution < 1.29 is 14.3 Å². The summed E-state index contributed by atoms with van der Waals surface area (Å²) in [6.45, 7) is 2.01. The first-order chi connectivity index (χ1) is 8.10. The van der Waals surface area contributed by atoms with Crippen molar-refractivity contribution in [2.24, 2.45) is 0 Å². The normalized spacial score (nSPS) is 10.1. The molecule has 3 nitrogen and oxygen atoms in total. The van der Waals surface area contributed by atoms with E-state index in [4.69, 9.17) is 16.3 Å². The van der Waals surface area contributed by atoms with Gasteiger partial charge in [-0.1, -0.05) is 0 Å². The van der Waals surface area contributed by atoms with E-state index in [1.807, 2.05) is 0 Å². The van der Waals surface area contributed by atoms with E-state index in [1.54, 1.807) is 25.1 Å². The molecule has 0 unspecified atom stereocenters. The first kappa shape index (κ1) is 14.4. The zero-order valence-electron chi connectivity index (χ0n) is 9.33. The topological polar surface area (TPSA) is 43.4 Å².